The topological polar surface area (TPSA) is 50.8 Å². The lowest BCUT2D eigenvalue weighted by atomic mass is 10.0. The van der Waals surface area contributed by atoms with Crippen molar-refractivity contribution in [3.63, 3.8) is 0 Å². The third-order valence-electron chi connectivity index (χ3n) is 4.59. The Balaban J connectivity index is 1.75. The second kappa shape index (κ2) is 9.64. The van der Waals surface area contributed by atoms with Crippen molar-refractivity contribution < 1.29 is 14.3 Å². The van der Waals surface area contributed by atoms with Gasteiger partial charge in [0.1, 0.15) is 5.75 Å². The van der Waals surface area contributed by atoms with Crippen molar-refractivity contribution in [1.29, 1.82) is 0 Å². The Morgan fingerprint density at radius 2 is 1.92 bits per heavy atom. The number of hydrogen-bond acceptors (Lipinski definition) is 4. The van der Waals surface area contributed by atoms with E-state index >= 15 is 0 Å². The number of benzene rings is 1. The summed E-state index contributed by atoms with van der Waals surface area (Å²) < 4.78 is 10.6. The van der Waals surface area contributed by atoms with E-state index in [1.54, 1.807) is 7.11 Å². The summed E-state index contributed by atoms with van der Waals surface area (Å²) >= 11 is 0. The Kier molecular flexibility index (Phi) is 7.53. The van der Waals surface area contributed by atoms with Crippen molar-refractivity contribution in [1.82, 2.24) is 10.2 Å². The number of carbonyl (C=O) groups is 1. The highest BCUT2D eigenvalue weighted by Crippen LogP contribution is 2.14. The fourth-order valence-corrected chi connectivity index (χ4v) is 3.05. The van der Waals surface area contributed by atoms with Crippen LogP contribution in [0.3, 0.4) is 0 Å². The summed E-state index contributed by atoms with van der Waals surface area (Å²) in [7, 11) is 1.65. The number of hydrogen-bond donors (Lipinski definition) is 1. The van der Waals surface area contributed by atoms with Gasteiger partial charge in [0, 0.05) is 32.1 Å². The standard InChI is InChI=1S/C19H30N2O3/c1-15(2)18(21-10-12-24-13-11-21)14-20-19(22)9-6-16-4-7-17(23-3)8-5-16/h4-5,7-8,15,18H,6,9-14H2,1-3H3,(H,20,22)/t18-/m0/s1. The smallest absolute Gasteiger partial charge is 0.220 e. The molecule has 5 heteroatoms. The Bertz CT molecular complexity index is 496. The molecule has 0 unspecified atom stereocenters. The Hall–Kier alpha value is -1.59. The monoisotopic (exact) mass is 334 g/mol. The lowest BCUT2D eigenvalue weighted by molar-refractivity contribution is -0.121. The Morgan fingerprint density at radius 1 is 1.25 bits per heavy atom. The molecule has 1 N–H and O–H groups in total. The second-order valence-corrected chi connectivity index (χ2v) is 6.61. The van der Waals surface area contributed by atoms with Crippen LogP contribution in [0.25, 0.3) is 0 Å². The van der Waals surface area contributed by atoms with Crippen molar-refractivity contribution in [3.05, 3.63) is 29.8 Å². The maximum Gasteiger partial charge on any atom is 0.220 e. The third-order valence-corrected chi connectivity index (χ3v) is 4.59. The molecule has 1 saturated heterocycles. The first-order chi connectivity index (χ1) is 11.6. The molecule has 1 atom stereocenters. The number of carbonyl (C=O) groups excluding carboxylic acids is 1. The summed E-state index contributed by atoms with van der Waals surface area (Å²) in [6, 6.07) is 8.26. The molecule has 1 aromatic carbocycles. The van der Waals surface area contributed by atoms with E-state index in [0.717, 1.165) is 44.0 Å². The number of rotatable bonds is 8. The SMILES string of the molecule is COc1ccc(CCC(=O)NC[C@@H](C(C)C)N2CCOCC2)cc1. The molecule has 1 aromatic rings. The van der Waals surface area contributed by atoms with Crippen LogP contribution in [0, 0.1) is 5.92 Å². The highest BCUT2D eigenvalue weighted by molar-refractivity contribution is 5.76. The molecule has 1 aliphatic heterocycles. The maximum atomic E-state index is 12.2. The number of aryl methyl sites for hydroxylation is 1. The molecule has 1 aliphatic rings. The molecular formula is C19H30N2O3. The molecule has 5 nitrogen and oxygen atoms in total. The van der Waals surface area contributed by atoms with Gasteiger partial charge in [-0.05, 0) is 30.0 Å². The average molecular weight is 334 g/mol. The van der Waals surface area contributed by atoms with Crippen molar-refractivity contribution >= 4 is 5.91 Å². The largest absolute Gasteiger partial charge is 0.497 e. The molecule has 0 aliphatic carbocycles. The van der Waals surface area contributed by atoms with Gasteiger partial charge in [0.15, 0.2) is 0 Å². The highest BCUT2D eigenvalue weighted by Gasteiger charge is 2.24. The van der Waals surface area contributed by atoms with Crippen LogP contribution >= 0.6 is 0 Å². The van der Waals surface area contributed by atoms with Crippen LogP contribution in [-0.4, -0.2) is 56.8 Å². The van der Waals surface area contributed by atoms with Crippen molar-refractivity contribution in [2.75, 3.05) is 40.0 Å². The lowest BCUT2D eigenvalue weighted by Gasteiger charge is -2.36. The van der Waals surface area contributed by atoms with E-state index in [1.807, 2.05) is 24.3 Å². The zero-order valence-corrected chi connectivity index (χ0v) is 15.1. The summed E-state index contributed by atoms with van der Waals surface area (Å²) in [6.45, 7) is 8.60. The van der Waals surface area contributed by atoms with Crippen LogP contribution in [0.15, 0.2) is 24.3 Å². The van der Waals surface area contributed by atoms with Crippen LogP contribution in [0.1, 0.15) is 25.8 Å². The van der Waals surface area contributed by atoms with Gasteiger partial charge in [0.25, 0.3) is 0 Å². The quantitative estimate of drug-likeness (QED) is 0.791. The highest BCUT2D eigenvalue weighted by atomic mass is 16.5. The van der Waals surface area contributed by atoms with Gasteiger partial charge in [0.2, 0.25) is 5.91 Å². The van der Waals surface area contributed by atoms with E-state index in [9.17, 15) is 4.79 Å². The van der Waals surface area contributed by atoms with Crippen LogP contribution in [0.2, 0.25) is 0 Å². The normalized spacial score (nSPS) is 16.8. The molecule has 0 saturated carbocycles. The van der Waals surface area contributed by atoms with Gasteiger partial charge in [-0.1, -0.05) is 26.0 Å². The molecule has 0 radical (unpaired) electrons. The summed E-state index contributed by atoms with van der Waals surface area (Å²) in [5.74, 6) is 1.46. The molecular weight excluding hydrogens is 304 g/mol. The minimum absolute atomic E-state index is 0.115. The minimum Gasteiger partial charge on any atom is -0.497 e. The van der Waals surface area contributed by atoms with Crippen molar-refractivity contribution in [2.45, 2.75) is 32.7 Å². The number of methoxy groups -OCH3 is 1. The fraction of sp³-hybridized carbons (Fsp3) is 0.632. The number of ether oxygens (including phenoxy) is 2. The van der Waals surface area contributed by atoms with Crippen molar-refractivity contribution in [3.8, 4) is 5.75 Å². The Morgan fingerprint density at radius 3 is 2.50 bits per heavy atom. The van der Waals surface area contributed by atoms with Crippen LogP contribution < -0.4 is 10.1 Å². The molecule has 1 amide bonds. The Labute approximate surface area is 145 Å². The van der Waals surface area contributed by atoms with E-state index in [2.05, 4.69) is 24.1 Å². The first-order valence-corrected chi connectivity index (χ1v) is 8.81. The molecule has 1 heterocycles. The fourth-order valence-electron chi connectivity index (χ4n) is 3.05. The summed E-state index contributed by atoms with van der Waals surface area (Å²) in [4.78, 5) is 14.6. The molecule has 1 fully saturated rings. The second-order valence-electron chi connectivity index (χ2n) is 6.61. The zero-order chi connectivity index (χ0) is 17.4. The van der Waals surface area contributed by atoms with Crippen molar-refractivity contribution in [2.24, 2.45) is 5.92 Å². The van der Waals surface area contributed by atoms with Gasteiger partial charge < -0.3 is 14.8 Å². The first-order valence-electron chi connectivity index (χ1n) is 8.81. The molecule has 2 rings (SSSR count). The molecule has 0 aromatic heterocycles. The van der Waals surface area contributed by atoms with E-state index < -0.39 is 0 Å². The van der Waals surface area contributed by atoms with Gasteiger partial charge in [-0.2, -0.15) is 0 Å². The minimum atomic E-state index is 0.115. The summed E-state index contributed by atoms with van der Waals surface area (Å²) in [6.07, 6.45) is 1.26. The molecule has 0 spiro atoms. The van der Waals surface area contributed by atoms with E-state index in [-0.39, 0.29) is 5.91 Å². The van der Waals surface area contributed by atoms with Crippen LogP contribution in [0.4, 0.5) is 0 Å². The molecule has 134 valence electrons. The van der Waals surface area contributed by atoms with Gasteiger partial charge in [-0.25, -0.2) is 0 Å². The van der Waals surface area contributed by atoms with Gasteiger partial charge in [0.05, 0.1) is 20.3 Å². The number of amides is 1. The van der Waals surface area contributed by atoms with Crippen LogP contribution in [0.5, 0.6) is 5.75 Å². The number of nitrogens with zero attached hydrogens (tertiary/aromatic N) is 1. The maximum absolute atomic E-state index is 12.2. The third kappa shape index (κ3) is 5.80. The van der Waals surface area contributed by atoms with Gasteiger partial charge in [-0.3, -0.25) is 9.69 Å². The molecule has 0 bridgehead atoms. The van der Waals surface area contributed by atoms with E-state index in [4.69, 9.17) is 9.47 Å². The van der Waals surface area contributed by atoms with Crippen LogP contribution in [-0.2, 0) is 16.0 Å². The first kappa shape index (κ1) is 18.7. The zero-order valence-electron chi connectivity index (χ0n) is 15.1. The number of morpholine rings is 1. The average Bonchev–Trinajstić information content (AvgIpc) is 2.61. The summed E-state index contributed by atoms with van der Waals surface area (Å²) in [5.41, 5.74) is 1.15. The van der Waals surface area contributed by atoms with Gasteiger partial charge in [-0.15, -0.1) is 0 Å². The predicted octanol–water partition coefficient (Wildman–Crippen LogP) is 2.10. The van der Waals surface area contributed by atoms with E-state index in [1.165, 1.54) is 0 Å². The van der Waals surface area contributed by atoms with E-state index in [0.29, 0.717) is 24.9 Å². The predicted molar refractivity (Wildman–Crippen MR) is 95.3 cm³/mol. The van der Waals surface area contributed by atoms with Gasteiger partial charge >= 0.3 is 0 Å². The summed E-state index contributed by atoms with van der Waals surface area (Å²) in [5, 5.41) is 3.11. The number of nitrogens with one attached hydrogen (secondary N) is 1. The lowest BCUT2D eigenvalue weighted by Crippen LogP contribution is -2.51. The molecule has 24 heavy (non-hydrogen) atoms.